The Bertz CT molecular complexity index is 946. The molecule has 2 aromatic carbocycles. The zero-order valence-electron chi connectivity index (χ0n) is 19.3. The van der Waals surface area contributed by atoms with E-state index in [1.807, 2.05) is 13.0 Å². The lowest BCUT2D eigenvalue weighted by atomic mass is 10.1. The number of carbonyl (C=O) groups is 2. The van der Waals surface area contributed by atoms with E-state index in [1.54, 1.807) is 28.8 Å². The van der Waals surface area contributed by atoms with Gasteiger partial charge < -0.3 is 10.2 Å². The van der Waals surface area contributed by atoms with Crippen molar-refractivity contribution in [1.82, 2.24) is 10.2 Å². The lowest BCUT2D eigenvalue weighted by molar-refractivity contribution is -0.139. The maximum Gasteiger partial charge on any atom is 0.243 e. The van der Waals surface area contributed by atoms with E-state index in [0.29, 0.717) is 22.2 Å². The zero-order chi connectivity index (χ0) is 23.8. The van der Waals surface area contributed by atoms with E-state index in [4.69, 9.17) is 23.2 Å². The maximum atomic E-state index is 13.4. The Labute approximate surface area is 211 Å². The van der Waals surface area contributed by atoms with Gasteiger partial charge in [0.1, 0.15) is 6.04 Å². The van der Waals surface area contributed by atoms with Crippen molar-refractivity contribution in [2.24, 2.45) is 0 Å². The van der Waals surface area contributed by atoms with E-state index in [1.165, 1.54) is 11.1 Å². The predicted octanol–water partition coefficient (Wildman–Crippen LogP) is 6.40. The van der Waals surface area contributed by atoms with E-state index in [-0.39, 0.29) is 24.4 Å². The van der Waals surface area contributed by atoms with Crippen LogP contribution in [0.1, 0.15) is 55.7 Å². The minimum Gasteiger partial charge on any atom is -0.352 e. The van der Waals surface area contributed by atoms with Gasteiger partial charge in [-0.25, -0.2) is 0 Å². The van der Waals surface area contributed by atoms with Crippen LogP contribution in [0, 0.1) is 6.92 Å². The van der Waals surface area contributed by atoms with Crippen LogP contribution < -0.4 is 5.32 Å². The third-order valence-corrected chi connectivity index (χ3v) is 7.63. The molecule has 2 amide bonds. The number of aryl methyl sites for hydroxylation is 1. The Kier molecular flexibility index (Phi) is 9.96. The first-order chi connectivity index (χ1) is 15.9. The van der Waals surface area contributed by atoms with Crippen molar-refractivity contribution in [2.75, 3.05) is 5.75 Å². The number of amides is 2. The first-order valence-corrected chi connectivity index (χ1v) is 13.5. The van der Waals surface area contributed by atoms with Crippen LogP contribution in [-0.4, -0.2) is 34.6 Å². The fraction of sp³-hybridized carbons (Fsp3) is 0.462. The summed E-state index contributed by atoms with van der Waals surface area (Å²) in [5, 5.41) is 4.21. The summed E-state index contributed by atoms with van der Waals surface area (Å²) in [7, 11) is 0. The second-order valence-corrected chi connectivity index (χ2v) is 10.5. The summed E-state index contributed by atoms with van der Waals surface area (Å²) in [6.07, 6.45) is 4.83. The fourth-order valence-electron chi connectivity index (χ4n) is 4.14. The van der Waals surface area contributed by atoms with Gasteiger partial charge in [-0.15, -0.1) is 11.8 Å². The molecule has 7 heteroatoms. The van der Waals surface area contributed by atoms with E-state index in [0.717, 1.165) is 37.0 Å². The zero-order valence-corrected chi connectivity index (χ0v) is 21.6. The SMILES string of the molecule is CCC(C(=O)NC1CCCC1)N(Cc1ccc(Cl)cc1Cl)C(=O)CSCc1ccc(C)cc1. The monoisotopic (exact) mass is 506 g/mol. The summed E-state index contributed by atoms with van der Waals surface area (Å²) in [4.78, 5) is 28.2. The highest BCUT2D eigenvalue weighted by molar-refractivity contribution is 7.99. The molecule has 1 fully saturated rings. The van der Waals surface area contributed by atoms with E-state index in [9.17, 15) is 9.59 Å². The summed E-state index contributed by atoms with van der Waals surface area (Å²) in [5.74, 6) is 0.900. The third-order valence-electron chi connectivity index (χ3n) is 6.06. The van der Waals surface area contributed by atoms with Crippen LogP contribution in [0.4, 0.5) is 0 Å². The highest BCUT2D eigenvalue weighted by Crippen LogP contribution is 2.25. The molecule has 0 aromatic heterocycles. The van der Waals surface area contributed by atoms with Crippen molar-refractivity contribution in [3.05, 3.63) is 69.2 Å². The lowest BCUT2D eigenvalue weighted by Crippen LogP contribution is -2.51. The molecule has 0 heterocycles. The second kappa shape index (κ2) is 12.7. The van der Waals surface area contributed by atoms with Crippen molar-refractivity contribution in [3.63, 3.8) is 0 Å². The first-order valence-electron chi connectivity index (χ1n) is 11.5. The highest BCUT2D eigenvalue weighted by Gasteiger charge is 2.30. The Balaban J connectivity index is 1.72. The van der Waals surface area contributed by atoms with E-state index >= 15 is 0 Å². The van der Waals surface area contributed by atoms with Crippen LogP contribution in [-0.2, 0) is 21.9 Å². The maximum absolute atomic E-state index is 13.4. The lowest BCUT2D eigenvalue weighted by Gasteiger charge is -2.31. The van der Waals surface area contributed by atoms with Gasteiger partial charge in [-0.05, 0) is 49.4 Å². The molecular formula is C26H32Cl2N2O2S. The summed E-state index contributed by atoms with van der Waals surface area (Å²) in [6, 6.07) is 13.3. The topological polar surface area (TPSA) is 49.4 Å². The standard InChI is InChI=1S/C26H32Cl2N2O2S/c1-3-24(26(32)29-22-6-4-5-7-22)30(15-20-12-13-21(27)14-23(20)28)25(31)17-33-16-19-10-8-18(2)9-11-19/h8-14,22,24H,3-7,15-17H2,1-2H3,(H,29,32). The van der Waals surface area contributed by atoms with Crippen LogP contribution in [0.25, 0.3) is 0 Å². The Morgan fingerprint density at radius 3 is 2.45 bits per heavy atom. The molecule has 33 heavy (non-hydrogen) atoms. The summed E-state index contributed by atoms with van der Waals surface area (Å²) in [6.45, 7) is 4.28. The van der Waals surface area contributed by atoms with Gasteiger partial charge in [-0.3, -0.25) is 9.59 Å². The molecule has 0 saturated heterocycles. The Morgan fingerprint density at radius 2 is 1.82 bits per heavy atom. The Hall–Kier alpha value is -1.69. The van der Waals surface area contributed by atoms with Gasteiger partial charge in [0.05, 0.1) is 5.75 Å². The third kappa shape index (κ3) is 7.66. The molecule has 178 valence electrons. The van der Waals surface area contributed by atoms with Crippen molar-refractivity contribution >= 4 is 46.8 Å². The van der Waals surface area contributed by atoms with Gasteiger partial charge in [-0.2, -0.15) is 0 Å². The molecule has 1 aliphatic rings. The molecule has 3 rings (SSSR count). The quantitative estimate of drug-likeness (QED) is 0.405. The van der Waals surface area contributed by atoms with Crippen LogP contribution in [0.2, 0.25) is 10.0 Å². The predicted molar refractivity (Wildman–Crippen MR) is 139 cm³/mol. The Morgan fingerprint density at radius 1 is 1.12 bits per heavy atom. The number of thioether (sulfide) groups is 1. The van der Waals surface area contributed by atoms with E-state index < -0.39 is 6.04 Å². The van der Waals surface area contributed by atoms with Gasteiger partial charge in [-0.1, -0.05) is 78.9 Å². The van der Waals surface area contributed by atoms with Gasteiger partial charge in [0, 0.05) is 28.4 Å². The van der Waals surface area contributed by atoms with Gasteiger partial charge in [0.2, 0.25) is 11.8 Å². The number of rotatable bonds is 10. The first kappa shape index (κ1) is 25.9. The number of nitrogens with one attached hydrogen (secondary N) is 1. The van der Waals surface area contributed by atoms with Crippen LogP contribution in [0.5, 0.6) is 0 Å². The molecular weight excluding hydrogens is 475 g/mol. The molecule has 1 aliphatic carbocycles. The van der Waals surface area contributed by atoms with Crippen LogP contribution >= 0.6 is 35.0 Å². The molecule has 0 spiro atoms. The molecule has 0 radical (unpaired) electrons. The number of hydrogen-bond acceptors (Lipinski definition) is 3. The number of nitrogens with zero attached hydrogens (tertiary/aromatic N) is 1. The summed E-state index contributed by atoms with van der Waals surface area (Å²) in [5.41, 5.74) is 3.17. The number of halogens is 2. The largest absolute Gasteiger partial charge is 0.352 e. The van der Waals surface area contributed by atoms with Gasteiger partial charge >= 0.3 is 0 Å². The molecule has 4 nitrogen and oxygen atoms in total. The molecule has 1 atom stereocenters. The number of carbonyl (C=O) groups excluding carboxylic acids is 2. The summed E-state index contributed by atoms with van der Waals surface area (Å²) >= 11 is 14.0. The van der Waals surface area contributed by atoms with Crippen LogP contribution in [0.3, 0.4) is 0 Å². The molecule has 0 bridgehead atoms. The average Bonchev–Trinajstić information content (AvgIpc) is 3.29. The number of hydrogen-bond donors (Lipinski definition) is 1. The van der Waals surface area contributed by atoms with Crippen molar-refractivity contribution in [2.45, 2.75) is 70.3 Å². The van der Waals surface area contributed by atoms with Crippen molar-refractivity contribution < 1.29 is 9.59 Å². The summed E-state index contributed by atoms with van der Waals surface area (Å²) < 4.78 is 0. The fourth-order valence-corrected chi connectivity index (χ4v) is 5.48. The van der Waals surface area contributed by atoms with Crippen molar-refractivity contribution in [1.29, 1.82) is 0 Å². The smallest absolute Gasteiger partial charge is 0.243 e. The van der Waals surface area contributed by atoms with Gasteiger partial charge in [0.15, 0.2) is 0 Å². The molecule has 0 aliphatic heterocycles. The minimum absolute atomic E-state index is 0.0634. The minimum atomic E-state index is -0.537. The van der Waals surface area contributed by atoms with Crippen molar-refractivity contribution in [3.8, 4) is 0 Å². The number of benzene rings is 2. The van der Waals surface area contributed by atoms with Gasteiger partial charge in [0.25, 0.3) is 0 Å². The average molecular weight is 508 g/mol. The normalized spacial score (nSPS) is 14.8. The van der Waals surface area contributed by atoms with E-state index in [2.05, 4.69) is 36.5 Å². The molecule has 1 unspecified atom stereocenters. The van der Waals surface area contributed by atoms with Crippen LogP contribution in [0.15, 0.2) is 42.5 Å². The molecule has 2 aromatic rings. The highest BCUT2D eigenvalue weighted by atomic mass is 35.5. The molecule has 1 saturated carbocycles. The molecule has 1 N–H and O–H groups in total. The second-order valence-electron chi connectivity index (χ2n) is 8.65.